The van der Waals surface area contributed by atoms with Crippen molar-refractivity contribution in [1.29, 1.82) is 0 Å². The van der Waals surface area contributed by atoms with Gasteiger partial charge in [0, 0.05) is 23.3 Å². The summed E-state index contributed by atoms with van der Waals surface area (Å²) in [6.45, 7) is 0.999. The van der Waals surface area contributed by atoms with E-state index in [0.717, 1.165) is 5.56 Å². The molecule has 2 aromatic rings. The first kappa shape index (κ1) is 18.7. The Morgan fingerprint density at radius 1 is 1.38 bits per heavy atom. The summed E-state index contributed by atoms with van der Waals surface area (Å²) in [4.78, 5) is 17.9. The van der Waals surface area contributed by atoms with E-state index >= 15 is 0 Å². The van der Waals surface area contributed by atoms with Gasteiger partial charge in [-0.3, -0.25) is 14.3 Å². The summed E-state index contributed by atoms with van der Waals surface area (Å²) in [6.07, 6.45) is 1.96. The van der Waals surface area contributed by atoms with E-state index in [4.69, 9.17) is 28.0 Å². The predicted octanol–water partition coefficient (Wildman–Crippen LogP) is 3.83. The van der Waals surface area contributed by atoms with Crippen molar-refractivity contribution in [2.45, 2.75) is 26.1 Å². The molecule has 0 aliphatic heterocycles. The van der Waals surface area contributed by atoms with E-state index in [1.807, 2.05) is 6.92 Å². The number of halogens is 3. The number of hydrogen-bond donors (Lipinski definition) is 0. The standard InChI is InChI=1S/C16H18Cl2FN3O2/c1-10(4-11-5-12(17)7-13(18)6-11)22(24-3)16(23)14-9-21(2)20-15(14)8-19/h5-7,9-10H,4,8H2,1-3H3. The molecule has 1 aromatic heterocycles. The summed E-state index contributed by atoms with van der Waals surface area (Å²) in [7, 11) is 3.02. The molecule has 1 unspecified atom stereocenters. The number of carbonyl (C=O) groups excluding carboxylic acids is 1. The van der Waals surface area contributed by atoms with Crippen molar-refractivity contribution >= 4 is 29.1 Å². The zero-order valence-electron chi connectivity index (χ0n) is 13.6. The Kier molecular flexibility index (Phi) is 6.21. The maximum atomic E-state index is 13.0. The second-order valence-electron chi connectivity index (χ2n) is 5.44. The van der Waals surface area contributed by atoms with Crippen LogP contribution in [0, 0.1) is 0 Å². The number of rotatable bonds is 6. The van der Waals surface area contributed by atoms with Crippen molar-refractivity contribution in [2.24, 2.45) is 7.05 Å². The van der Waals surface area contributed by atoms with Gasteiger partial charge in [-0.25, -0.2) is 9.45 Å². The number of hydroxylamine groups is 2. The van der Waals surface area contributed by atoms with Crippen molar-refractivity contribution in [2.75, 3.05) is 7.11 Å². The zero-order chi connectivity index (χ0) is 17.9. The van der Waals surface area contributed by atoms with E-state index in [9.17, 15) is 9.18 Å². The third kappa shape index (κ3) is 4.26. The highest BCUT2D eigenvalue weighted by Crippen LogP contribution is 2.22. The number of hydrogen-bond acceptors (Lipinski definition) is 3. The molecule has 0 bridgehead atoms. The number of alkyl halides is 1. The first-order valence-electron chi connectivity index (χ1n) is 7.26. The van der Waals surface area contributed by atoms with E-state index in [1.165, 1.54) is 23.1 Å². The summed E-state index contributed by atoms with van der Waals surface area (Å²) in [5.41, 5.74) is 1.13. The molecule has 1 atom stereocenters. The van der Waals surface area contributed by atoms with Crippen LogP contribution >= 0.6 is 23.2 Å². The van der Waals surface area contributed by atoms with E-state index in [1.54, 1.807) is 25.2 Å². The molecule has 1 heterocycles. The molecule has 1 aromatic carbocycles. The molecule has 0 fully saturated rings. The van der Waals surface area contributed by atoms with Gasteiger partial charge in [-0.2, -0.15) is 5.10 Å². The topological polar surface area (TPSA) is 47.4 Å². The number of benzene rings is 1. The minimum Gasteiger partial charge on any atom is -0.275 e. The van der Waals surface area contributed by atoms with Crippen LogP contribution in [-0.4, -0.2) is 33.9 Å². The van der Waals surface area contributed by atoms with Crippen LogP contribution in [0.5, 0.6) is 0 Å². The number of carbonyl (C=O) groups is 1. The van der Waals surface area contributed by atoms with E-state index < -0.39 is 12.6 Å². The van der Waals surface area contributed by atoms with Gasteiger partial charge >= 0.3 is 0 Å². The van der Waals surface area contributed by atoms with Gasteiger partial charge in [-0.05, 0) is 37.1 Å². The fourth-order valence-electron chi connectivity index (χ4n) is 2.55. The monoisotopic (exact) mass is 373 g/mol. The van der Waals surface area contributed by atoms with Gasteiger partial charge < -0.3 is 0 Å². The SMILES string of the molecule is CON(C(=O)c1cn(C)nc1CF)C(C)Cc1cc(Cl)cc(Cl)c1. The van der Waals surface area contributed by atoms with E-state index in [-0.39, 0.29) is 17.3 Å². The average Bonchev–Trinajstić information content (AvgIpc) is 2.87. The summed E-state index contributed by atoms with van der Waals surface area (Å²) in [6, 6.07) is 4.88. The Morgan fingerprint density at radius 2 is 2.00 bits per heavy atom. The summed E-state index contributed by atoms with van der Waals surface area (Å²) in [5.74, 6) is -0.445. The Balaban J connectivity index is 2.21. The van der Waals surface area contributed by atoms with Gasteiger partial charge in [-0.15, -0.1) is 0 Å². The lowest BCUT2D eigenvalue weighted by Gasteiger charge is -2.26. The summed E-state index contributed by atoms with van der Waals surface area (Å²) in [5, 5.41) is 6.18. The third-order valence-corrected chi connectivity index (χ3v) is 3.95. The normalized spacial score (nSPS) is 12.2. The van der Waals surface area contributed by atoms with Crippen molar-refractivity contribution in [1.82, 2.24) is 14.8 Å². The molecule has 0 saturated carbocycles. The fraction of sp³-hybridized carbons (Fsp3) is 0.375. The van der Waals surface area contributed by atoms with Gasteiger partial charge in [0.15, 0.2) is 0 Å². The molecular weight excluding hydrogens is 356 g/mol. The van der Waals surface area contributed by atoms with E-state index in [2.05, 4.69) is 5.10 Å². The van der Waals surface area contributed by atoms with Crippen LogP contribution in [0.15, 0.2) is 24.4 Å². The van der Waals surface area contributed by atoms with Gasteiger partial charge in [0.1, 0.15) is 12.4 Å². The lowest BCUT2D eigenvalue weighted by Crippen LogP contribution is -2.39. The number of aromatic nitrogens is 2. The lowest BCUT2D eigenvalue weighted by atomic mass is 10.1. The maximum absolute atomic E-state index is 13.0. The molecule has 0 saturated heterocycles. The summed E-state index contributed by atoms with van der Waals surface area (Å²) < 4.78 is 14.4. The highest BCUT2D eigenvalue weighted by atomic mass is 35.5. The Bertz CT molecular complexity index is 716. The summed E-state index contributed by atoms with van der Waals surface area (Å²) >= 11 is 12.0. The molecule has 0 aliphatic rings. The molecular formula is C16H18Cl2FN3O2. The quantitative estimate of drug-likeness (QED) is 0.722. The highest BCUT2D eigenvalue weighted by molar-refractivity contribution is 6.34. The molecule has 0 aliphatic carbocycles. The minimum atomic E-state index is -0.822. The maximum Gasteiger partial charge on any atom is 0.281 e. The second kappa shape index (κ2) is 7.96. The van der Waals surface area contributed by atoms with Gasteiger partial charge in [-0.1, -0.05) is 23.2 Å². The van der Waals surface area contributed by atoms with Crippen molar-refractivity contribution in [3.8, 4) is 0 Å². The smallest absolute Gasteiger partial charge is 0.275 e. The zero-order valence-corrected chi connectivity index (χ0v) is 15.1. The van der Waals surface area contributed by atoms with Gasteiger partial charge in [0.25, 0.3) is 5.91 Å². The van der Waals surface area contributed by atoms with E-state index in [0.29, 0.717) is 16.5 Å². The second-order valence-corrected chi connectivity index (χ2v) is 6.31. The fourth-order valence-corrected chi connectivity index (χ4v) is 3.12. The Hall–Kier alpha value is -1.63. The van der Waals surface area contributed by atoms with Gasteiger partial charge in [0.05, 0.1) is 18.7 Å². The minimum absolute atomic E-state index is 0.0857. The molecule has 0 radical (unpaired) electrons. The van der Waals surface area contributed by atoms with Crippen LogP contribution in [0.4, 0.5) is 4.39 Å². The molecule has 130 valence electrons. The Morgan fingerprint density at radius 3 is 2.54 bits per heavy atom. The molecule has 24 heavy (non-hydrogen) atoms. The predicted molar refractivity (Wildman–Crippen MR) is 90.8 cm³/mol. The molecule has 0 N–H and O–H groups in total. The van der Waals surface area contributed by atoms with Crippen LogP contribution in [0.25, 0.3) is 0 Å². The number of nitrogens with zero attached hydrogens (tertiary/aromatic N) is 3. The van der Waals surface area contributed by atoms with Crippen molar-refractivity contribution in [3.05, 3.63) is 51.3 Å². The highest BCUT2D eigenvalue weighted by Gasteiger charge is 2.26. The van der Waals surface area contributed by atoms with Crippen LogP contribution < -0.4 is 0 Å². The average molecular weight is 374 g/mol. The first-order valence-corrected chi connectivity index (χ1v) is 8.02. The molecule has 1 amide bonds. The molecule has 2 rings (SSSR count). The van der Waals surface area contributed by atoms with Crippen LogP contribution in [-0.2, 0) is 25.0 Å². The van der Waals surface area contributed by atoms with Crippen LogP contribution in [0.1, 0.15) is 28.5 Å². The molecule has 5 nitrogen and oxygen atoms in total. The number of amides is 1. The number of aryl methyl sites for hydroxylation is 1. The Labute approximate surface area is 149 Å². The van der Waals surface area contributed by atoms with Crippen molar-refractivity contribution in [3.63, 3.8) is 0 Å². The first-order chi connectivity index (χ1) is 11.3. The lowest BCUT2D eigenvalue weighted by molar-refractivity contribution is -0.119. The van der Waals surface area contributed by atoms with Crippen LogP contribution in [0.3, 0.4) is 0 Å². The largest absolute Gasteiger partial charge is 0.281 e. The molecule has 8 heteroatoms. The third-order valence-electron chi connectivity index (χ3n) is 3.51. The van der Waals surface area contributed by atoms with Gasteiger partial charge in [0.2, 0.25) is 0 Å². The molecule has 0 spiro atoms. The van der Waals surface area contributed by atoms with Crippen LogP contribution in [0.2, 0.25) is 10.0 Å². The van der Waals surface area contributed by atoms with Crippen molar-refractivity contribution < 1.29 is 14.0 Å².